The molecule has 0 radical (unpaired) electrons. The second-order valence-electron chi connectivity index (χ2n) is 5.39. The standard InChI is InChI=1S/C14H23N3O2/c1-3-14(11-18)5-7-16(8-6-14)13(19)12-9-15-17(4-2)10-12/h9-10,18H,3-8,11H2,1-2H3. The zero-order valence-electron chi connectivity index (χ0n) is 11.8. The monoisotopic (exact) mass is 265 g/mol. The van der Waals surface area contributed by atoms with Gasteiger partial charge >= 0.3 is 0 Å². The van der Waals surface area contributed by atoms with Gasteiger partial charge in [-0.1, -0.05) is 6.92 Å². The highest BCUT2D eigenvalue weighted by Crippen LogP contribution is 2.34. The summed E-state index contributed by atoms with van der Waals surface area (Å²) < 4.78 is 1.77. The van der Waals surface area contributed by atoms with E-state index in [1.54, 1.807) is 17.1 Å². The third kappa shape index (κ3) is 2.81. The highest BCUT2D eigenvalue weighted by atomic mass is 16.3. The maximum absolute atomic E-state index is 12.3. The average molecular weight is 265 g/mol. The van der Waals surface area contributed by atoms with Gasteiger partial charge in [0.25, 0.3) is 5.91 Å². The van der Waals surface area contributed by atoms with E-state index in [0.29, 0.717) is 5.56 Å². The molecule has 1 amide bonds. The van der Waals surface area contributed by atoms with Gasteiger partial charge in [-0.15, -0.1) is 0 Å². The molecule has 0 spiro atoms. The molecular formula is C14H23N3O2. The summed E-state index contributed by atoms with van der Waals surface area (Å²) in [5.74, 6) is 0.0577. The number of likely N-dealkylation sites (tertiary alicyclic amines) is 1. The Hall–Kier alpha value is -1.36. The zero-order chi connectivity index (χ0) is 13.9. The van der Waals surface area contributed by atoms with Gasteiger partial charge in [0.05, 0.1) is 11.8 Å². The van der Waals surface area contributed by atoms with Crippen LogP contribution in [0.3, 0.4) is 0 Å². The van der Waals surface area contributed by atoms with Gasteiger partial charge in [0.2, 0.25) is 0 Å². The minimum absolute atomic E-state index is 0.0182. The second kappa shape index (κ2) is 5.74. The van der Waals surface area contributed by atoms with E-state index in [-0.39, 0.29) is 17.9 Å². The van der Waals surface area contributed by atoms with Gasteiger partial charge in [-0.05, 0) is 31.6 Å². The van der Waals surface area contributed by atoms with E-state index >= 15 is 0 Å². The highest BCUT2D eigenvalue weighted by Gasteiger charge is 2.34. The summed E-state index contributed by atoms with van der Waals surface area (Å²) in [6, 6.07) is 0. The number of nitrogens with zero attached hydrogens (tertiary/aromatic N) is 3. The SMILES string of the molecule is CCn1cc(C(=O)N2CCC(CC)(CO)CC2)cn1. The average Bonchev–Trinajstić information content (AvgIpc) is 2.95. The van der Waals surface area contributed by atoms with Crippen LogP contribution in [0.1, 0.15) is 43.5 Å². The number of rotatable bonds is 4. The number of hydrogen-bond donors (Lipinski definition) is 1. The predicted octanol–water partition coefficient (Wildman–Crippen LogP) is 1.53. The van der Waals surface area contributed by atoms with E-state index in [4.69, 9.17) is 0 Å². The lowest BCUT2D eigenvalue weighted by Crippen LogP contribution is -2.44. The van der Waals surface area contributed by atoms with Gasteiger partial charge in [0.15, 0.2) is 0 Å². The lowest BCUT2D eigenvalue weighted by atomic mass is 9.77. The number of carbonyl (C=O) groups excluding carboxylic acids is 1. The van der Waals surface area contributed by atoms with E-state index < -0.39 is 0 Å². The number of aliphatic hydroxyl groups excluding tert-OH is 1. The van der Waals surface area contributed by atoms with Crippen molar-refractivity contribution in [3.63, 3.8) is 0 Å². The Balaban J connectivity index is 1.99. The molecule has 1 aromatic rings. The Bertz CT molecular complexity index is 428. The maximum Gasteiger partial charge on any atom is 0.257 e. The van der Waals surface area contributed by atoms with Crippen LogP contribution in [0.4, 0.5) is 0 Å². The lowest BCUT2D eigenvalue weighted by Gasteiger charge is -2.40. The molecule has 1 fully saturated rings. The number of aliphatic hydroxyl groups is 1. The molecule has 1 saturated heterocycles. The number of piperidine rings is 1. The molecule has 1 aliphatic rings. The lowest BCUT2D eigenvalue weighted by molar-refractivity contribution is 0.0338. The Morgan fingerprint density at radius 2 is 2.11 bits per heavy atom. The first-order valence-electron chi connectivity index (χ1n) is 7.06. The maximum atomic E-state index is 12.3. The Kier molecular flexibility index (Phi) is 4.24. The van der Waals surface area contributed by atoms with Crippen LogP contribution in [0.15, 0.2) is 12.4 Å². The van der Waals surface area contributed by atoms with Crippen LogP contribution in [0.5, 0.6) is 0 Å². The molecule has 1 aliphatic heterocycles. The molecule has 2 rings (SSSR count). The first-order valence-corrected chi connectivity index (χ1v) is 7.06. The van der Waals surface area contributed by atoms with Crippen molar-refractivity contribution in [3.8, 4) is 0 Å². The van der Waals surface area contributed by atoms with Crippen molar-refractivity contribution >= 4 is 5.91 Å². The topological polar surface area (TPSA) is 58.4 Å². The minimum atomic E-state index is 0.0182. The Labute approximate surface area is 114 Å². The summed E-state index contributed by atoms with van der Waals surface area (Å²) in [6.07, 6.45) is 6.18. The van der Waals surface area contributed by atoms with Crippen LogP contribution in [0.2, 0.25) is 0 Å². The van der Waals surface area contributed by atoms with Crippen LogP contribution >= 0.6 is 0 Å². The van der Waals surface area contributed by atoms with Crippen molar-refractivity contribution in [1.82, 2.24) is 14.7 Å². The largest absolute Gasteiger partial charge is 0.396 e. The molecule has 19 heavy (non-hydrogen) atoms. The molecule has 1 N–H and O–H groups in total. The summed E-state index contributed by atoms with van der Waals surface area (Å²) in [5, 5.41) is 13.6. The summed E-state index contributed by atoms with van der Waals surface area (Å²) in [7, 11) is 0. The van der Waals surface area contributed by atoms with E-state index in [2.05, 4.69) is 12.0 Å². The molecule has 2 heterocycles. The molecule has 0 bridgehead atoms. The number of hydrogen-bond acceptors (Lipinski definition) is 3. The first kappa shape index (κ1) is 14.1. The van der Waals surface area contributed by atoms with Crippen LogP contribution in [0.25, 0.3) is 0 Å². The van der Waals surface area contributed by atoms with E-state index in [9.17, 15) is 9.90 Å². The summed E-state index contributed by atoms with van der Waals surface area (Å²) in [4.78, 5) is 14.2. The molecular weight excluding hydrogens is 242 g/mol. The minimum Gasteiger partial charge on any atom is -0.396 e. The summed E-state index contributed by atoms with van der Waals surface area (Å²) in [6.45, 7) is 6.56. The van der Waals surface area contributed by atoms with Gasteiger partial charge in [-0.2, -0.15) is 5.10 Å². The fraction of sp³-hybridized carbons (Fsp3) is 0.714. The Morgan fingerprint density at radius 1 is 1.42 bits per heavy atom. The highest BCUT2D eigenvalue weighted by molar-refractivity contribution is 5.93. The normalized spacial score (nSPS) is 18.6. The second-order valence-corrected chi connectivity index (χ2v) is 5.39. The van der Waals surface area contributed by atoms with E-state index in [1.807, 2.05) is 11.8 Å². The molecule has 0 aliphatic carbocycles. The van der Waals surface area contributed by atoms with Crippen LogP contribution < -0.4 is 0 Å². The molecule has 106 valence electrons. The number of amides is 1. The molecule has 5 heteroatoms. The third-order valence-corrected chi connectivity index (χ3v) is 4.40. The van der Waals surface area contributed by atoms with Crippen LogP contribution in [0, 0.1) is 5.41 Å². The molecule has 1 aromatic heterocycles. The first-order chi connectivity index (χ1) is 9.14. The van der Waals surface area contributed by atoms with E-state index in [1.165, 1.54) is 0 Å². The van der Waals surface area contributed by atoms with Gasteiger partial charge < -0.3 is 10.0 Å². The summed E-state index contributed by atoms with van der Waals surface area (Å²) in [5.41, 5.74) is 0.680. The smallest absolute Gasteiger partial charge is 0.257 e. The van der Waals surface area contributed by atoms with Crippen molar-refractivity contribution in [2.24, 2.45) is 5.41 Å². The van der Waals surface area contributed by atoms with Crippen LogP contribution in [-0.2, 0) is 6.54 Å². The third-order valence-electron chi connectivity index (χ3n) is 4.40. The number of aromatic nitrogens is 2. The quantitative estimate of drug-likeness (QED) is 0.898. The molecule has 0 unspecified atom stereocenters. The molecule has 0 atom stereocenters. The zero-order valence-corrected chi connectivity index (χ0v) is 11.8. The van der Waals surface area contributed by atoms with Crippen molar-refractivity contribution < 1.29 is 9.90 Å². The summed E-state index contributed by atoms with van der Waals surface area (Å²) >= 11 is 0. The fourth-order valence-electron chi connectivity index (χ4n) is 2.64. The van der Waals surface area contributed by atoms with E-state index in [0.717, 1.165) is 38.9 Å². The fourth-order valence-corrected chi connectivity index (χ4v) is 2.64. The molecule has 0 aromatic carbocycles. The molecule has 0 saturated carbocycles. The Morgan fingerprint density at radius 3 is 2.58 bits per heavy atom. The van der Waals surface area contributed by atoms with Crippen LogP contribution in [-0.4, -0.2) is 45.4 Å². The van der Waals surface area contributed by atoms with Crippen molar-refractivity contribution in [2.75, 3.05) is 19.7 Å². The van der Waals surface area contributed by atoms with Gasteiger partial charge in [0.1, 0.15) is 0 Å². The van der Waals surface area contributed by atoms with Gasteiger partial charge in [-0.3, -0.25) is 9.48 Å². The van der Waals surface area contributed by atoms with Gasteiger partial charge in [0, 0.05) is 32.4 Å². The van der Waals surface area contributed by atoms with Crippen molar-refractivity contribution in [1.29, 1.82) is 0 Å². The number of carbonyl (C=O) groups is 1. The van der Waals surface area contributed by atoms with Crippen molar-refractivity contribution in [3.05, 3.63) is 18.0 Å². The van der Waals surface area contributed by atoms with Gasteiger partial charge in [-0.25, -0.2) is 0 Å². The molecule has 5 nitrogen and oxygen atoms in total. The predicted molar refractivity (Wildman–Crippen MR) is 72.8 cm³/mol. The number of aryl methyl sites for hydroxylation is 1. The van der Waals surface area contributed by atoms with Crippen molar-refractivity contribution in [2.45, 2.75) is 39.7 Å².